The summed E-state index contributed by atoms with van der Waals surface area (Å²) in [7, 11) is 0. The van der Waals surface area contributed by atoms with Gasteiger partial charge in [-0.25, -0.2) is 4.99 Å². The van der Waals surface area contributed by atoms with Crippen LogP contribution in [0.2, 0.25) is 0 Å². The lowest BCUT2D eigenvalue weighted by molar-refractivity contribution is 0.0773. The van der Waals surface area contributed by atoms with E-state index in [1.165, 1.54) is 5.56 Å². The highest BCUT2D eigenvalue weighted by Crippen LogP contribution is 2.11. The standard InChI is InChI=1S/C24H34N4O2/c1-5-25-24(26-16-17-30-22-14-8-19(4)9-15-22)27-18-20-10-12-21(13-11-20)23(29)28(6-2)7-3/h8-15H,5-7,16-18H2,1-4H3,(H2,25,26,27). The van der Waals surface area contributed by atoms with Crippen molar-refractivity contribution in [1.29, 1.82) is 0 Å². The topological polar surface area (TPSA) is 66.0 Å². The maximum Gasteiger partial charge on any atom is 0.253 e. The van der Waals surface area contributed by atoms with Gasteiger partial charge in [-0.3, -0.25) is 4.79 Å². The van der Waals surface area contributed by atoms with E-state index in [0.29, 0.717) is 38.3 Å². The Kier molecular flexibility index (Phi) is 9.71. The summed E-state index contributed by atoms with van der Waals surface area (Å²) in [6.07, 6.45) is 0. The summed E-state index contributed by atoms with van der Waals surface area (Å²) >= 11 is 0. The Morgan fingerprint density at radius 3 is 2.23 bits per heavy atom. The normalized spacial score (nSPS) is 11.1. The quantitative estimate of drug-likeness (QED) is 0.357. The predicted molar refractivity (Wildman–Crippen MR) is 123 cm³/mol. The Bertz CT molecular complexity index is 797. The minimum atomic E-state index is 0.0682. The molecule has 0 radical (unpaired) electrons. The van der Waals surface area contributed by atoms with Crippen molar-refractivity contribution in [2.45, 2.75) is 34.2 Å². The van der Waals surface area contributed by atoms with Crippen LogP contribution in [0.4, 0.5) is 0 Å². The summed E-state index contributed by atoms with van der Waals surface area (Å²) in [6, 6.07) is 15.7. The highest BCUT2D eigenvalue weighted by Gasteiger charge is 2.11. The first-order chi connectivity index (χ1) is 14.6. The number of aryl methyl sites for hydroxylation is 1. The van der Waals surface area contributed by atoms with Gasteiger partial charge in [-0.05, 0) is 57.5 Å². The van der Waals surface area contributed by atoms with E-state index in [-0.39, 0.29) is 5.91 Å². The fourth-order valence-corrected chi connectivity index (χ4v) is 2.93. The molecule has 30 heavy (non-hydrogen) atoms. The van der Waals surface area contributed by atoms with Crippen LogP contribution in [-0.2, 0) is 6.54 Å². The molecule has 0 aliphatic carbocycles. The maximum absolute atomic E-state index is 12.4. The van der Waals surface area contributed by atoms with Gasteiger partial charge >= 0.3 is 0 Å². The van der Waals surface area contributed by atoms with Crippen LogP contribution in [0.1, 0.15) is 42.3 Å². The average Bonchev–Trinajstić information content (AvgIpc) is 2.77. The van der Waals surface area contributed by atoms with Crippen LogP contribution >= 0.6 is 0 Å². The van der Waals surface area contributed by atoms with Gasteiger partial charge in [0.2, 0.25) is 0 Å². The van der Waals surface area contributed by atoms with Crippen LogP contribution < -0.4 is 15.4 Å². The number of amides is 1. The summed E-state index contributed by atoms with van der Waals surface area (Å²) in [6.45, 7) is 12.0. The van der Waals surface area contributed by atoms with E-state index in [2.05, 4.69) is 22.5 Å². The molecule has 0 heterocycles. The average molecular weight is 411 g/mol. The zero-order valence-corrected chi connectivity index (χ0v) is 18.6. The first kappa shape index (κ1) is 23.3. The number of hydrogen-bond donors (Lipinski definition) is 2. The fraction of sp³-hybridized carbons (Fsp3) is 0.417. The molecule has 2 aromatic rings. The molecule has 0 bridgehead atoms. The van der Waals surface area contributed by atoms with Gasteiger partial charge in [-0.1, -0.05) is 29.8 Å². The van der Waals surface area contributed by atoms with E-state index in [0.717, 1.165) is 23.8 Å². The number of nitrogens with one attached hydrogen (secondary N) is 2. The molecule has 2 N–H and O–H groups in total. The number of guanidine groups is 1. The van der Waals surface area contributed by atoms with E-state index in [9.17, 15) is 4.79 Å². The molecule has 6 nitrogen and oxygen atoms in total. The molecule has 0 aromatic heterocycles. The first-order valence-electron chi connectivity index (χ1n) is 10.7. The number of carbonyl (C=O) groups is 1. The van der Waals surface area contributed by atoms with Gasteiger partial charge in [0.15, 0.2) is 5.96 Å². The lowest BCUT2D eigenvalue weighted by Gasteiger charge is -2.18. The van der Waals surface area contributed by atoms with Gasteiger partial charge in [-0.15, -0.1) is 0 Å². The predicted octanol–water partition coefficient (Wildman–Crippen LogP) is 3.61. The molecule has 0 aliphatic heterocycles. The van der Waals surface area contributed by atoms with E-state index < -0.39 is 0 Å². The number of benzene rings is 2. The van der Waals surface area contributed by atoms with Gasteiger partial charge in [0.25, 0.3) is 5.91 Å². The molecule has 0 fully saturated rings. The lowest BCUT2D eigenvalue weighted by Crippen LogP contribution is -2.39. The molecule has 6 heteroatoms. The first-order valence-corrected chi connectivity index (χ1v) is 10.7. The summed E-state index contributed by atoms with van der Waals surface area (Å²) in [4.78, 5) is 18.8. The summed E-state index contributed by atoms with van der Waals surface area (Å²) in [5.74, 6) is 1.68. The van der Waals surface area contributed by atoms with Crippen LogP contribution in [0.3, 0.4) is 0 Å². The summed E-state index contributed by atoms with van der Waals surface area (Å²) < 4.78 is 5.74. The van der Waals surface area contributed by atoms with Crippen molar-refractivity contribution in [2.24, 2.45) is 4.99 Å². The molecule has 0 unspecified atom stereocenters. The number of nitrogens with zero attached hydrogens (tertiary/aromatic N) is 2. The van der Waals surface area contributed by atoms with E-state index >= 15 is 0 Å². The summed E-state index contributed by atoms with van der Waals surface area (Å²) in [5, 5.41) is 6.53. The third-order valence-electron chi connectivity index (χ3n) is 4.70. The monoisotopic (exact) mass is 410 g/mol. The second-order valence-corrected chi connectivity index (χ2v) is 6.96. The van der Waals surface area contributed by atoms with Gasteiger partial charge in [-0.2, -0.15) is 0 Å². The number of aliphatic imine (C=N–C) groups is 1. The zero-order chi connectivity index (χ0) is 21.8. The SMILES string of the molecule is CCNC(=NCc1ccc(C(=O)N(CC)CC)cc1)NCCOc1ccc(C)cc1. The van der Waals surface area contributed by atoms with Crippen molar-refractivity contribution in [2.75, 3.05) is 32.8 Å². The molecule has 2 aromatic carbocycles. The molecule has 0 aliphatic rings. The van der Waals surface area contributed by atoms with Crippen LogP contribution in [0, 0.1) is 6.92 Å². The highest BCUT2D eigenvalue weighted by atomic mass is 16.5. The van der Waals surface area contributed by atoms with Crippen LogP contribution in [0.15, 0.2) is 53.5 Å². The molecule has 162 valence electrons. The highest BCUT2D eigenvalue weighted by molar-refractivity contribution is 5.94. The third kappa shape index (κ3) is 7.43. The van der Waals surface area contributed by atoms with E-state index in [1.54, 1.807) is 0 Å². The smallest absolute Gasteiger partial charge is 0.253 e. The molecule has 0 saturated heterocycles. The molecular formula is C24H34N4O2. The third-order valence-corrected chi connectivity index (χ3v) is 4.70. The van der Waals surface area contributed by atoms with Crippen LogP contribution in [-0.4, -0.2) is 49.6 Å². The number of carbonyl (C=O) groups excluding carboxylic acids is 1. The number of hydrogen-bond acceptors (Lipinski definition) is 3. The Morgan fingerprint density at radius 1 is 0.967 bits per heavy atom. The molecular weight excluding hydrogens is 376 g/mol. The van der Waals surface area contributed by atoms with Gasteiger partial charge in [0.05, 0.1) is 13.1 Å². The second-order valence-electron chi connectivity index (χ2n) is 6.96. The Balaban J connectivity index is 1.85. The van der Waals surface area contributed by atoms with Crippen molar-refractivity contribution in [3.05, 3.63) is 65.2 Å². The summed E-state index contributed by atoms with van der Waals surface area (Å²) in [5.41, 5.74) is 2.98. The van der Waals surface area contributed by atoms with Crippen molar-refractivity contribution in [3.8, 4) is 5.75 Å². The molecule has 0 saturated carbocycles. The molecule has 0 spiro atoms. The largest absolute Gasteiger partial charge is 0.492 e. The van der Waals surface area contributed by atoms with Crippen molar-refractivity contribution in [1.82, 2.24) is 15.5 Å². The zero-order valence-electron chi connectivity index (χ0n) is 18.6. The Labute approximate surface area is 180 Å². The maximum atomic E-state index is 12.4. The van der Waals surface area contributed by atoms with Crippen LogP contribution in [0.25, 0.3) is 0 Å². The molecule has 1 amide bonds. The van der Waals surface area contributed by atoms with Gasteiger partial charge in [0, 0.05) is 25.2 Å². The Hall–Kier alpha value is -3.02. The molecule has 0 atom stereocenters. The number of ether oxygens (including phenoxy) is 1. The van der Waals surface area contributed by atoms with E-state index in [4.69, 9.17) is 4.74 Å². The Morgan fingerprint density at radius 2 is 1.63 bits per heavy atom. The number of rotatable bonds is 10. The van der Waals surface area contributed by atoms with Crippen molar-refractivity contribution in [3.63, 3.8) is 0 Å². The minimum absolute atomic E-state index is 0.0682. The fourth-order valence-electron chi connectivity index (χ4n) is 2.93. The van der Waals surface area contributed by atoms with Gasteiger partial charge in [0.1, 0.15) is 12.4 Å². The van der Waals surface area contributed by atoms with Gasteiger partial charge < -0.3 is 20.3 Å². The van der Waals surface area contributed by atoms with E-state index in [1.807, 2.05) is 74.2 Å². The van der Waals surface area contributed by atoms with Crippen LogP contribution in [0.5, 0.6) is 5.75 Å². The minimum Gasteiger partial charge on any atom is -0.492 e. The molecule has 2 rings (SSSR count). The van der Waals surface area contributed by atoms with Crippen molar-refractivity contribution >= 4 is 11.9 Å². The van der Waals surface area contributed by atoms with Crippen molar-refractivity contribution < 1.29 is 9.53 Å². The lowest BCUT2D eigenvalue weighted by atomic mass is 10.1. The second kappa shape index (κ2) is 12.5.